The highest BCUT2D eigenvalue weighted by Gasteiger charge is 2.35. The van der Waals surface area contributed by atoms with Crippen LogP contribution >= 0.6 is 23.2 Å². The molecule has 10 heteroatoms. The highest BCUT2D eigenvalue weighted by atomic mass is 35.5. The van der Waals surface area contributed by atoms with Gasteiger partial charge in [-0.1, -0.05) is 96.7 Å². The number of nitrogens with zero attached hydrogens (tertiary/aromatic N) is 2. The molecule has 0 aliphatic carbocycles. The molecule has 1 atom stereocenters. The summed E-state index contributed by atoms with van der Waals surface area (Å²) in [6.07, 6.45) is 1.84. The van der Waals surface area contributed by atoms with E-state index in [0.29, 0.717) is 27.8 Å². The Morgan fingerprint density at radius 2 is 1.49 bits per heavy atom. The third-order valence-electron chi connectivity index (χ3n) is 8.16. The molecule has 0 saturated carbocycles. The Morgan fingerprint density at radius 1 is 0.830 bits per heavy atom. The van der Waals surface area contributed by atoms with Gasteiger partial charge in [-0.3, -0.25) is 13.9 Å². The van der Waals surface area contributed by atoms with Crippen molar-refractivity contribution in [2.45, 2.75) is 64.4 Å². The highest BCUT2D eigenvalue weighted by molar-refractivity contribution is 7.92. The van der Waals surface area contributed by atoms with Gasteiger partial charge in [-0.25, -0.2) is 8.42 Å². The van der Waals surface area contributed by atoms with Crippen LogP contribution in [0.3, 0.4) is 0 Å². The van der Waals surface area contributed by atoms with E-state index in [9.17, 15) is 18.0 Å². The van der Waals surface area contributed by atoms with Crippen LogP contribution in [-0.4, -0.2) is 44.3 Å². The minimum absolute atomic E-state index is 0.0490. The number of amides is 2. The average Bonchev–Trinajstić information content (AvgIpc) is 3.04. The molecule has 4 rings (SSSR count). The van der Waals surface area contributed by atoms with E-state index in [1.807, 2.05) is 64.1 Å². The number of carbonyl (C=O) groups excluding carboxylic acids is 2. The minimum Gasteiger partial charge on any atom is -0.354 e. The molecule has 7 nitrogen and oxygen atoms in total. The third-order valence-corrected chi connectivity index (χ3v) is 10.7. The molecule has 0 unspecified atom stereocenters. The van der Waals surface area contributed by atoms with Crippen LogP contribution in [0.2, 0.25) is 10.0 Å². The van der Waals surface area contributed by atoms with Crippen molar-refractivity contribution in [2.75, 3.05) is 17.4 Å². The summed E-state index contributed by atoms with van der Waals surface area (Å²) in [7, 11) is -4.21. The monoisotopic (exact) mass is 693 g/mol. The van der Waals surface area contributed by atoms with Gasteiger partial charge in [-0.05, 0) is 80.3 Å². The summed E-state index contributed by atoms with van der Waals surface area (Å²) in [5.74, 6) is -0.931. The Bertz CT molecular complexity index is 1780. The van der Waals surface area contributed by atoms with Crippen LogP contribution in [0.1, 0.15) is 47.6 Å². The molecule has 1 N–H and O–H groups in total. The van der Waals surface area contributed by atoms with Gasteiger partial charge in [-0.2, -0.15) is 0 Å². The fourth-order valence-corrected chi connectivity index (χ4v) is 7.08. The molecule has 0 saturated heterocycles. The zero-order valence-electron chi connectivity index (χ0n) is 27.2. The van der Waals surface area contributed by atoms with Crippen LogP contribution in [0.25, 0.3) is 0 Å². The number of aryl methyl sites for hydroxylation is 3. The Hall–Kier alpha value is -3.85. The second kappa shape index (κ2) is 16.3. The maximum atomic E-state index is 14.7. The van der Waals surface area contributed by atoms with Crippen molar-refractivity contribution >= 4 is 50.7 Å². The number of rotatable bonds is 14. The molecule has 47 heavy (non-hydrogen) atoms. The van der Waals surface area contributed by atoms with Crippen LogP contribution in [0, 0.1) is 20.8 Å². The number of hydrogen-bond acceptors (Lipinski definition) is 4. The largest absolute Gasteiger partial charge is 0.354 e. The number of hydrogen-bond donors (Lipinski definition) is 1. The maximum Gasteiger partial charge on any atom is 0.264 e. The van der Waals surface area contributed by atoms with Crippen LogP contribution < -0.4 is 9.62 Å². The first kappa shape index (κ1) is 36.0. The van der Waals surface area contributed by atoms with Gasteiger partial charge in [0.25, 0.3) is 10.0 Å². The summed E-state index contributed by atoms with van der Waals surface area (Å²) < 4.78 is 29.6. The predicted molar refractivity (Wildman–Crippen MR) is 190 cm³/mol. The maximum absolute atomic E-state index is 14.7. The van der Waals surface area contributed by atoms with Gasteiger partial charge in [0.2, 0.25) is 11.8 Å². The molecular weight excluding hydrogens is 653 g/mol. The molecule has 4 aromatic carbocycles. The van der Waals surface area contributed by atoms with E-state index in [0.717, 1.165) is 39.4 Å². The number of halogens is 2. The summed E-state index contributed by atoms with van der Waals surface area (Å²) >= 11 is 13.2. The average molecular weight is 695 g/mol. The highest BCUT2D eigenvalue weighted by Crippen LogP contribution is 2.30. The predicted octanol–water partition coefficient (Wildman–Crippen LogP) is 7.67. The van der Waals surface area contributed by atoms with Crippen molar-refractivity contribution < 1.29 is 18.0 Å². The first-order valence-corrected chi connectivity index (χ1v) is 17.8. The number of nitrogens with one attached hydrogen (secondary N) is 1. The fraction of sp³-hybridized carbons (Fsp3) is 0.297. The lowest BCUT2D eigenvalue weighted by atomic mass is 10.0. The van der Waals surface area contributed by atoms with Crippen LogP contribution in [0.15, 0.2) is 95.9 Å². The van der Waals surface area contributed by atoms with Crippen molar-refractivity contribution in [3.63, 3.8) is 0 Å². The van der Waals surface area contributed by atoms with E-state index in [-0.39, 0.29) is 23.8 Å². The topological polar surface area (TPSA) is 86.8 Å². The van der Waals surface area contributed by atoms with E-state index in [1.54, 1.807) is 42.5 Å². The quantitative estimate of drug-likeness (QED) is 0.137. The number of anilines is 1. The zero-order chi connectivity index (χ0) is 34.1. The summed E-state index contributed by atoms with van der Waals surface area (Å²) in [5, 5.41) is 3.65. The molecule has 2 amide bonds. The van der Waals surface area contributed by atoms with Crippen molar-refractivity contribution in [3.8, 4) is 0 Å². The molecular formula is C37H41Cl2N3O4S. The molecule has 0 spiro atoms. The molecule has 0 aliphatic heterocycles. The molecule has 0 bridgehead atoms. The Kier molecular flexibility index (Phi) is 12.5. The van der Waals surface area contributed by atoms with Gasteiger partial charge in [0.1, 0.15) is 12.6 Å². The molecule has 0 radical (unpaired) electrons. The lowest BCUT2D eigenvalue weighted by molar-refractivity contribution is -0.140. The third kappa shape index (κ3) is 9.15. The lowest BCUT2D eigenvalue weighted by Gasteiger charge is -2.34. The fourth-order valence-electron chi connectivity index (χ4n) is 5.16. The first-order valence-electron chi connectivity index (χ1n) is 15.6. The molecule has 4 aromatic rings. The molecule has 0 aromatic heterocycles. The Balaban J connectivity index is 1.84. The Labute approximate surface area is 288 Å². The molecule has 248 valence electrons. The number of sulfonamides is 1. The molecule has 0 heterocycles. The van der Waals surface area contributed by atoms with E-state index >= 15 is 0 Å². The first-order chi connectivity index (χ1) is 22.4. The summed E-state index contributed by atoms with van der Waals surface area (Å²) in [5.41, 5.74) is 4.39. The second-order valence-corrected chi connectivity index (χ2v) is 14.3. The van der Waals surface area contributed by atoms with Crippen molar-refractivity contribution in [1.29, 1.82) is 0 Å². The number of unbranched alkanes of at least 4 members (excludes halogenated alkanes) is 1. The van der Waals surface area contributed by atoms with Gasteiger partial charge < -0.3 is 10.2 Å². The standard InChI is InChI=1S/C37H41Cl2N3O4S/c1-5-6-21-40-37(44)35(23-29-11-8-7-9-12-29)41(24-32-33(38)13-10-14-34(32)39)36(43)25-42(30-18-17-27(3)28(4)22-30)47(45,46)31-19-15-26(2)16-20-31/h7-20,22,35H,5-6,21,23-25H2,1-4H3,(H,40,44)/t35-/m0/s1. The van der Waals surface area contributed by atoms with Gasteiger partial charge in [0.05, 0.1) is 10.6 Å². The smallest absolute Gasteiger partial charge is 0.264 e. The van der Waals surface area contributed by atoms with Gasteiger partial charge in [-0.15, -0.1) is 0 Å². The molecule has 0 fully saturated rings. The zero-order valence-corrected chi connectivity index (χ0v) is 29.5. The van der Waals surface area contributed by atoms with Gasteiger partial charge in [0, 0.05) is 35.1 Å². The lowest BCUT2D eigenvalue weighted by Crippen LogP contribution is -2.53. The van der Waals surface area contributed by atoms with Crippen LogP contribution in [0.4, 0.5) is 5.69 Å². The summed E-state index contributed by atoms with van der Waals surface area (Å²) in [4.78, 5) is 30.0. The van der Waals surface area contributed by atoms with Crippen molar-refractivity contribution in [1.82, 2.24) is 10.2 Å². The van der Waals surface area contributed by atoms with E-state index in [2.05, 4.69) is 5.32 Å². The molecule has 0 aliphatic rings. The normalized spacial score (nSPS) is 12.0. The SMILES string of the molecule is CCCCNC(=O)[C@H](Cc1ccccc1)N(Cc1c(Cl)cccc1Cl)C(=O)CN(c1ccc(C)c(C)c1)S(=O)(=O)c1ccc(C)cc1. The number of carbonyl (C=O) groups is 2. The second-order valence-electron chi connectivity index (χ2n) is 11.7. The van der Waals surface area contributed by atoms with Crippen LogP contribution in [-0.2, 0) is 32.6 Å². The minimum atomic E-state index is -4.21. The Morgan fingerprint density at radius 3 is 2.11 bits per heavy atom. The van der Waals surface area contributed by atoms with Crippen LogP contribution in [0.5, 0.6) is 0 Å². The van der Waals surface area contributed by atoms with E-state index in [4.69, 9.17) is 23.2 Å². The van der Waals surface area contributed by atoms with E-state index in [1.165, 1.54) is 17.0 Å². The van der Waals surface area contributed by atoms with E-state index < -0.39 is 28.5 Å². The van der Waals surface area contributed by atoms with Crippen molar-refractivity contribution in [3.05, 3.63) is 129 Å². The van der Waals surface area contributed by atoms with Gasteiger partial charge in [0.15, 0.2) is 0 Å². The summed E-state index contributed by atoms with van der Waals surface area (Å²) in [6.45, 7) is 7.49. The van der Waals surface area contributed by atoms with Gasteiger partial charge >= 0.3 is 0 Å². The number of benzene rings is 4. The van der Waals surface area contributed by atoms with Crippen molar-refractivity contribution in [2.24, 2.45) is 0 Å². The summed E-state index contributed by atoms with van der Waals surface area (Å²) in [6, 6.07) is 25.2.